The molecule has 0 aliphatic heterocycles. The highest BCUT2D eigenvalue weighted by Crippen LogP contribution is 1.81. The van der Waals surface area contributed by atoms with Crippen molar-refractivity contribution < 1.29 is 50.4 Å². The average Bonchev–Trinajstić information content (AvgIpc) is 2.56. The molecule has 0 aliphatic carbocycles. The summed E-state index contributed by atoms with van der Waals surface area (Å²) in [5.41, 5.74) is 0.352. The minimum absolute atomic E-state index is 0.139. The van der Waals surface area contributed by atoms with Gasteiger partial charge in [0.25, 0.3) is 0 Å². The lowest BCUT2D eigenvalue weighted by atomic mass is 10.4. The molecule has 0 saturated carbocycles. The average molecular weight is 400 g/mol. The fourth-order valence-electron chi connectivity index (χ4n) is 0. The first-order valence-corrected chi connectivity index (χ1v) is 7.74. The highest BCUT2D eigenvalue weighted by molar-refractivity contribution is 5.85. The topological polar surface area (TPSA) is 196 Å². The van der Waals surface area contributed by atoms with Crippen LogP contribution in [-0.4, -0.2) is 90.9 Å². The summed E-state index contributed by atoms with van der Waals surface area (Å²) in [5, 5.41) is 63.8. The van der Waals surface area contributed by atoms with Crippen LogP contribution in [0.1, 0.15) is 34.6 Å². The fraction of sp³-hybridized carbons (Fsp3) is 0.647. The normalized spacial score (nSPS) is 11.7. The minimum atomic E-state index is -0.935. The highest BCUT2D eigenvalue weighted by Gasteiger charge is 1.90. The number of aliphatic hydroxyl groups excluding tert-OH is 6. The van der Waals surface area contributed by atoms with Crippen molar-refractivity contribution in [2.75, 3.05) is 19.8 Å². The molecule has 10 heteroatoms. The Morgan fingerprint density at radius 2 is 0.741 bits per heavy atom. The summed E-state index contributed by atoms with van der Waals surface area (Å²) in [6, 6.07) is 0. The molecule has 27 heavy (non-hydrogen) atoms. The van der Waals surface area contributed by atoms with Gasteiger partial charge in [0.2, 0.25) is 0 Å². The van der Waals surface area contributed by atoms with Gasteiger partial charge >= 0.3 is 11.9 Å². The molecular weight excluding hydrogens is 364 g/mol. The van der Waals surface area contributed by atoms with Crippen molar-refractivity contribution in [2.24, 2.45) is 0 Å². The van der Waals surface area contributed by atoms with Crippen molar-refractivity contribution >= 4 is 11.9 Å². The predicted octanol–water partition coefficient (Wildman–Crippen LogP) is -0.627. The Morgan fingerprint density at radius 3 is 0.741 bits per heavy atom. The lowest BCUT2D eigenvalue weighted by Crippen LogP contribution is -2.03. The Kier molecular flexibility index (Phi) is 35.4. The lowest BCUT2D eigenvalue weighted by Gasteiger charge is -1.90. The second kappa shape index (κ2) is 26.4. The zero-order chi connectivity index (χ0) is 23.2. The molecule has 0 radical (unpaired) electrons. The van der Waals surface area contributed by atoms with Gasteiger partial charge in [-0.05, 0) is 34.6 Å². The van der Waals surface area contributed by atoms with Crippen molar-refractivity contribution in [3.05, 3.63) is 24.3 Å². The third-order valence-corrected chi connectivity index (χ3v) is 1.52. The molecule has 0 bridgehead atoms. The van der Waals surface area contributed by atoms with Crippen LogP contribution in [0.15, 0.2) is 24.3 Å². The Balaban J connectivity index is -0.0000000749. The lowest BCUT2D eigenvalue weighted by molar-refractivity contribution is -0.133. The monoisotopic (exact) mass is 400 g/mol. The number of carboxylic acid groups (broad SMARTS) is 2. The Morgan fingerprint density at radius 1 is 0.667 bits per heavy atom. The fourth-order valence-corrected chi connectivity index (χ4v) is 0. The van der Waals surface area contributed by atoms with E-state index in [0.717, 1.165) is 0 Å². The van der Waals surface area contributed by atoms with Gasteiger partial charge in [0.05, 0.1) is 38.1 Å². The maximum absolute atomic E-state index is 9.60. The zero-order valence-corrected chi connectivity index (χ0v) is 16.7. The van der Waals surface area contributed by atoms with Crippen LogP contribution >= 0.6 is 0 Å². The van der Waals surface area contributed by atoms with Crippen molar-refractivity contribution in [3.63, 3.8) is 0 Å². The predicted molar refractivity (Wildman–Crippen MR) is 101 cm³/mol. The van der Waals surface area contributed by atoms with Crippen LogP contribution < -0.4 is 0 Å². The van der Waals surface area contributed by atoms with Gasteiger partial charge in [-0.1, -0.05) is 13.2 Å². The van der Waals surface area contributed by atoms with E-state index in [-0.39, 0.29) is 31.0 Å². The van der Waals surface area contributed by atoms with Gasteiger partial charge in [0.1, 0.15) is 0 Å². The van der Waals surface area contributed by atoms with Gasteiger partial charge in [-0.2, -0.15) is 0 Å². The maximum atomic E-state index is 9.60. The number of rotatable bonds is 5. The van der Waals surface area contributed by atoms with Crippen molar-refractivity contribution in [1.82, 2.24) is 0 Å². The van der Waals surface area contributed by atoms with E-state index in [1.54, 1.807) is 0 Å². The third kappa shape index (κ3) is 80.2. The third-order valence-electron chi connectivity index (χ3n) is 1.52. The molecule has 0 heterocycles. The molecule has 0 aromatic carbocycles. The minimum Gasteiger partial charge on any atom is -0.478 e. The number of carboxylic acids is 2. The second-order valence-electron chi connectivity index (χ2n) is 5.27. The first-order valence-electron chi connectivity index (χ1n) is 7.74. The first kappa shape index (κ1) is 36.2. The van der Waals surface area contributed by atoms with Gasteiger partial charge in [0, 0.05) is 11.1 Å². The molecule has 10 nitrogen and oxygen atoms in total. The Bertz CT molecular complexity index is 309. The van der Waals surface area contributed by atoms with E-state index in [0.29, 0.717) is 0 Å². The van der Waals surface area contributed by atoms with Crippen molar-refractivity contribution in [2.45, 2.75) is 52.9 Å². The van der Waals surface area contributed by atoms with E-state index >= 15 is 0 Å². The van der Waals surface area contributed by atoms with Gasteiger partial charge in [0.15, 0.2) is 0 Å². The number of carbonyl (C=O) groups is 2. The molecule has 164 valence electrons. The molecule has 0 amide bonds. The summed E-state index contributed by atoms with van der Waals surface area (Å²) < 4.78 is 0. The van der Waals surface area contributed by atoms with E-state index in [9.17, 15) is 9.59 Å². The van der Waals surface area contributed by atoms with Crippen LogP contribution in [0.3, 0.4) is 0 Å². The van der Waals surface area contributed by atoms with E-state index < -0.39 is 30.3 Å². The van der Waals surface area contributed by atoms with Crippen LogP contribution in [0.25, 0.3) is 0 Å². The largest absolute Gasteiger partial charge is 0.478 e. The first-order chi connectivity index (χ1) is 12.1. The number of hydrogen-bond acceptors (Lipinski definition) is 8. The molecule has 3 unspecified atom stereocenters. The Hall–Kier alpha value is -1.82. The number of aliphatic carboxylic acids is 2. The number of aliphatic hydroxyl groups is 6. The van der Waals surface area contributed by atoms with Crippen LogP contribution in [0.4, 0.5) is 0 Å². The van der Waals surface area contributed by atoms with Crippen LogP contribution in [0.5, 0.6) is 0 Å². The molecule has 0 aromatic heterocycles. The highest BCUT2D eigenvalue weighted by atomic mass is 16.4. The summed E-state index contributed by atoms with van der Waals surface area (Å²) in [4.78, 5) is 19.2. The van der Waals surface area contributed by atoms with E-state index in [4.69, 9.17) is 40.9 Å². The summed E-state index contributed by atoms with van der Waals surface area (Å²) in [5.74, 6) is -1.87. The molecule has 0 saturated heterocycles. The molecule has 0 rings (SSSR count). The van der Waals surface area contributed by atoms with Crippen LogP contribution in [-0.2, 0) is 9.59 Å². The Labute approximate surface area is 160 Å². The van der Waals surface area contributed by atoms with Gasteiger partial charge in [-0.15, -0.1) is 0 Å². The smallest absolute Gasteiger partial charge is 0.330 e. The zero-order valence-electron chi connectivity index (χ0n) is 16.7. The molecule has 0 fully saturated rings. The summed E-state index contributed by atoms with van der Waals surface area (Å²) in [6.45, 7) is 13.4. The summed E-state index contributed by atoms with van der Waals surface area (Å²) >= 11 is 0. The van der Waals surface area contributed by atoms with E-state index in [1.807, 2.05) is 0 Å². The number of hydrogen-bond donors (Lipinski definition) is 8. The standard InChI is InChI=1S/2C4H6O2.3C3H8O2/c2*1-3(2)4(5)6;3*1-3(5)2-4/h2*1H2,2H3,(H,5,6);3*3-5H,2H2,1H3. The second-order valence-corrected chi connectivity index (χ2v) is 5.27. The van der Waals surface area contributed by atoms with E-state index in [1.165, 1.54) is 34.6 Å². The SMILES string of the molecule is C=C(C)C(=O)O.C=C(C)C(=O)O.CC(O)CO.CC(O)CO.CC(O)CO. The molecule has 0 aliphatic rings. The molecular formula is C17H36O10. The van der Waals surface area contributed by atoms with Crippen LogP contribution in [0.2, 0.25) is 0 Å². The summed E-state index contributed by atoms with van der Waals surface area (Å²) in [7, 11) is 0. The van der Waals surface area contributed by atoms with Crippen molar-refractivity contribution in [3.8, 4) is 0 Å². The van der Waals surface area contributed by atoms with Crippen molar-refractivity contribution in [1.29, 1.82) is 0 Å². The molecule has 3 atom stereocenters. The molecule has 0 aromatic rings. The maximum Gasteiger partial charge on any atom is 0.330 e. The molecule has 8 N–H and O–H groups in total. The quantitative estimate of drug-likeness (QED) is 0.275. The van der Waals surface area contributed by atoms with Gasteiger partial charge in [-0.3, -0.25) is 0 Å². The van der Waals surface area contributed by atoms with Crippen LogP contribution in [0, 0.1) is 0 Å². The van der Waals surface area contributed by atoms with E-state index in [2.05, 4.69) is 13.2 Å². The summed E-state index contributed by atoms with van der Waals surface area (Å²) in [6.07, 6.45) is -1.68. The van der Waals surface area contributed by atoms with Gasteiger partial charge in [-0.25, -0.2) is 9.59 Å². The van der Waals surface area contributed by atoms with Gasteiger partial charge < -0.3 is 40.9 Å². The molecule has 0 spiro atoms.